The minimum absolute atomic E-state index is 0.459. The molecule has 6 rings (SSSR count). The van der Waals surface area contributed by atoms with Gasteiger partial charge in [0.15, 0.2) is 14.3 Å². The molecule has 200 valence electrons. The maximum Gasteiger partial charge on any atom is 0.167 e. The van der Waals surface area contributed by atoms with Crippen LogP contribution in [-0.4, -0.2) is 0 Å². The third-order valence-electron chi connectivity index (χ3n) is 7.69. The van der Waals surface area contributed by atoms with Crippen LogP contribution in [0.5, 0.6) is 0 Å². The molecule has 4 heteroatoms. The van der Waals surface area contributed by atoms with E-state index in [1.165, 1.54) is 0 Å². The predicted octanol–water partition coefficient (Wildman–Crippen LogP) is 8.42. The third-order valence-corrected chi connectivity index (χ3v) is 14.5. The molecule has 0 heterocycles. The largest absolute Gasteiger partial charge is 0.313 e. The molecule has 1 atom stereocenters. The van der Waals surface area contributed by atoms with Crippen LogP contribution in [0, 0.1) is 0 Å². The quantitative estimate of drug-likeness (QED) is 0.173. The van der Waals surface area contributed by atoms with Gasteiger partial charge in [-0.2, -0.15) is 0 Å². The second-order valence-electron chi connectivity index (χ2n) is 10.1. The highest BCUT2D eigenvalue weighted by Crippen LogP contribution is 2.68. The van der Waals surface area contributed by atoms with Crippen molar-refractivity contribution in [1.82, 2.24) is 0 Å². The molecule has 0 aliphatic heterocycles. The first-order chi connectivity index (χ1) is 20.0. The number of benzene rings is 6. The fraction of sp³-hybridized carbons (Fsp3) is 0.0270. The average molecular weight is 569 g/mol. The summed E-state index contributed by atoms with van der Waals surface area (Å²) >= 11 is 0. The number of fused-ring (bicyclic) bond motifs is 1. The van der Waals surface area contributed by atoms with Gasteiger partial charge in [0, 0.05) is 26.5 Å². The van der Waals surface area contributed by atoms with Gasteiger partial charge in [-0.3, -0.25) is 0 Å². The van der Waals surface area contributed by atoms with Crippen molar-refractivity contribution >= 4 is 46.3 Å². The summed E-state index contributed by atoms with van der Waals surface area (Å²) in [6, 6.07) is 52.5. The van der Waals surface area contributed by atoms with E-state index in [0.717, 1.165) is 16.3 Å². The van der Waals surface area contributed by atoms with Gasteiger partial charge in [-0.1, -0.05) is 170 Å². The molecule has 1 unspecified atom stereocenters. The highest BCUT2D eigenvalue weighted by Gasteiger charge is 2.46. The number of rotatable bonds is 8. The van der Waals surface area contributed by atoms with E-state index in [4.69, 9.17) is 0 Å². The maximum absolute atomic E-state index is 16.0. The SMILES string of the molecule is C=C(C(c1ccc2ccccc2c1)P(=O)(c1ccccc1)c1ccccc1)P(=O)(c1ccccc1)c1ccccc1. The monoisotopic (exact) mass is 568 g/mol. The molecule has 0 aliphatic rings. The standard InChI is InChI=1S/C37H30O2P2/c1-29(40(38,33-18-6-2-7-19-33)34-20-8-3-9-21-34)37(32-27-26-30-16-14-15-17-31(30)28-32)41(39,35-22-10-4-11-23-35)36-24-12-5-13-25-36/h2-28,37H,1H2. The van der Waals surface area contributed by atoms with Crippen molar-refractivity contribution in [2.45, 2.75) is 5.66 Å². The molecular formula is C37H30O2P2. The first-order valence-electron chi connectivity index (χ1n) is 13.6. The van der Waals surface area contributed by atoms with Gasteiger partial charge in [0.1, 0.15) is 0 Å². The summed E-state index contributed by atoms with van der Waals surface area (Å²) in [5.41, 5.74) is 0.0833. The molecule has 0 saturated heterocycles. The van der Waals surface area contributed by atoms with Gasteiger partial charge in [-0.15, -0.1) is 0 Å². The Morgan fingerprint density at radius 2 is 0.854 bits per heavy atom. The van der Waals surface area contributed by atoms with Crippen LogP contribution in [0.1, 0.15) is 11.2 Å². The highest BCUT2D eigenvalue weighted by molar-refractivity contribution is 7.85. The van der Waals surface area contributed by atoms with Crippen LogP contribution in [0.15, 0.2) is 176 Å². The Bertz CT molecular complexity index is 1810. The second kappa shape index (κ2) is 11.3. The molecule has 41 heavy (non-hydrogen) atoms. The number of hydrogen-bond acceptors (Lipinski definition) is 2. The Balaban J connectivity index is 1.69. The average Bonchev–Trinajstić information content (AvgIpc) is 3.06. The van der Waals surface area contributed by atoms with Crippen molar-refractivity contribution in [3.05, 3.63) is 181 Å². The van der Waals surface area contributed by atoms with Gasteiger partial charge < -0.3 is 9.13 Å². The molecule has 0 aliphatic carbocycles. The van der Waals surface area contributed by atoms with Crippen molar-refractivity contribution in [2.75, 3.05) is 0 Å². The van der Waals surface area contributed by atoms with Gasteiger partial charge in [-0.25, -0.2) is 0 Å². The van der Waals surface area contributed by atoms with Gasteiger partial charge in [0.2, 0.25) is 0 Å². The van der Waals surface area contributed by atoms with E-state index in [1.54, 1.807) is 0 Å². The zero-order valence-electron chi connectivity index (χ0n) is 22.6. The lowest BCUT2D eigenvalue weighted by Gasteiger charge is -2.34. The number of allylic oxidation sites excluding steroid dienone is 1. The summed E-state index contributed by atoms with van der Waals surface area (Å²) in [4.78, 5) is 0. The van der Waals surface area contributed by atoms with E-state index >= 15 is 9.13 Å². The van der Waals surface area contributed by atoms with Gasteiger partial charge in [-0.05, 0) is 16.3 Å². The molecule has 0 fully saturated rings. The van der Waals surface area contributed by atoms with Crippen molar-refractivity contribution in [2.24, 2.45) is 0 Å². The molecule has 0 spiro atoms. The highest BCUT2D eigenvalue weighted by atomic mass is 31.2. The van der Waals surface area contributed by atoms with Crippen LogP contribution in [0.4, 0.5) is 0 Å². The molecule has 0 saturated carbocycles. The Hall–Kier alpha value is -4.22. The van der Waals surface area contributed by atoms with Gasteiger partial charge >= 0.3 is 0 Å². The number of hydrogen-bond donors (Lipinski definition) is 0. The molecule has 0 bridgehead atoms. The summed E-state index contributed by atoms with van der Waals surface area (Å²) in [5, 5.41) is 5.34. The van der Waals surface area contributed by atoms with Crippen LogP contribution < -0.4 is 21.2 Å². The lowest BCUT2D eigenvalue weighted by Crippen LogP contribution is -2.26. The Kier molecular flexibility index (Phi) is 7.46. The fourth-order valence-electron chi connectivity index (χ4n) is 5.66. The Labute approximate surface area is 241 Å². The van der Waals surface area contributed by atoms with Crippen LogP contribution >= 0.6 is 14.3 Å². The molecule has 0 radical (unpaired) electrons. The van der Waals surface area contributed by atoms with Crippen molar-refractivity contribution in [3.8, 4) is 0 Å². The molecular weight excluding hydrogens is 538 g/mol. The van der Waals surface area contributed by atoms with Crippen molar-refractivity contribution < 1.29 is 9.13 Å². The summed E-state index contributed by atoms with van der Waals surface area (Å²) < 4.78 is 31.7. The van der Waals surface area contributed by atoms with E-state index in [-0.39, 0.29) is 0 Å². The van der Waals surface area contributed by atoms with Crippen molar-refractivity contribution in [3.63, 3.8) is 0 Å². The Morgan fingerprint density at radius 1 is 0.463 bits per heavy atom. The van der Waals surface area contributed by atoms with E-state index in [1.807, 2.05) is 140 Å². The van der Waals surface area contributed by atoms with Crippen LogP contribution in [0.2, 0.25) is 0 Å². The zero-order chi connectivity index (χ0) is 28.3. The van der Waals surface area contributed by atoms with Crippen LogP contribution in [-0.2, 0) is 9.13 Å². The topological polar surface area (TPSA) is 34.1 Å². The van der Waals surface area contributed by atoms with E-state index in [2.05, 4.69) is 30.8 Å². The minimum atomic E-state index is -3.50. The summed E-state index contributed by atoms with van der Waals surface area (Å²) in [5.74, 6) is 0. The summed E-state index contributed by atoms with van der Waals surface area (Å²) in [6.07, 6.45) is 0. The van der Waals surface area contributed by atoms with E-state index < -0.39 is 19.9 Å². The van der Waals surface area contributed by atoms with Gasteiger partial charge in [0.05, 0.1) is 5.66 Å². The second-order valence-corrected chi connectivity index (χ2v) is 15.8. The van der Waals surface area contributed by atoms with E-state index in [0.29, 0.717) is 26.5 Å². The van der Waals surface area contributed by atoms with Gasteiger partial charge in [0.25, 0.3) is 0 Å². The molecule has 2 nitrogen and oxygen atoms in total. The van der Waals surface area contributed by atoms with E-state index in [9.17, 15) is 0 Å². The van der Waals surface area contributed by atoms with Crippen molar-refractivity contribution in [1.29, 1.82) is 0 Å². The minimum Gasteiger partial charge on any atom is -0.313 e. The first-order valence-corrected chi connectivity index (χ1v) is 17.1. The summed E-state index contributed by atoms with van der Waals surface area (Å²) in [7, 11) is -7.00. The summed E-state index contributed by atoms with van der Waals surface area (Å²) in [6.45, 7) is 4.62. The first kappa shape index (κ1) is 27.0. The Morgan fingerprint density at radius 3 is 1.32 bits per heavy atom. The lowest BCUT2D eigenvalue weighted by atomic mass is 10.0. The normalized spacial score (nSPS) is 12.6. The molecule has 6 aromatic carbocycles. The lowest BCUT2D eigenvalue weighted by molar-refractivity contribution is 0.579. The third kappa shape index (κ3) is 4.85. The molecule has 6 aromatic rings. The zero-order valence-corrected chi connectivity index (χ0v) is 24.4. The maximum atomic E-state index is 16.0. The fourth-order valence-corrected chi connectivity index (χ4v) is 12.4. The molecule has 0 amide bonds. The molecule has 0 N–H and O–H groups in total. The van der Waals surface area contributed by atoms with Crippen LogP contribution in [0.3, 0.4) is 0 Å². The molecule has 0 aromatic heterocycles. The van der Waals surface area contributed by atoms with Crippen LogP contribution in [0.25, 0.3) is 10.8 Å². The smallest absolute Gasteiger partial charge is 0.167 e. The predicted molar refractivity (Wildman–Crippen MR) is 175 cm³/mol.